The lowest BCUT2D eigenvalue weighted by atomic mass is 10.1. The van der Waals surface area contributed by atoms with Crippen LogP contribution < -0.4 is 15.0 Å². The van der Waals surface area contributed by atoms with Gasteiger partial charge in [0.05, 0.1) is 18.0 Å². The number of amides is 2. The summed E-state index contributed by atoms with van der Waals surface area (Å²) < 4.78 is 5.69. The van der Waals surface area contributed by atoms with Gasteiger partial charge in [-0.1, -0.05) is 24.3 Å². The molecular formula is C19H19ClN2O3S. The molecule has 0 bridgehead atoms. The van der Waals surface area contributed by atoms with Gasteiger partial charge >= 0.3 is 0 Å². The molecular weight excluding hydrogens is 372 g/mol. The van der Waals surface area contributed by atoms with E-state index >= 15 is 0 Å². The first-order valence-corrected chi connectivity index (χ1v) is 9.83. The van der Waals surface area contributed by atoms with Crippen LogP contribution in [0.15, 0.2) is 48.5 Å². The van der Waals surface area contributed by atoms with Crippen LogP contribution in [0.25, 0.3) is 0 Å². The minimum Gasteiger partial charge on any atom is -0.492 e. The van der Waals surface area contributed by atoms with Gasteiger partial charge in [0.1, 0.15) is 17.0 Å². The Hall–Kier alpha value is -2.18. The van der Waals surface area contributed by atoms with Crippen LogP contribution in [0.2, 0.25) is 0 Å². The second kappa shape index (κ2) is 8.47. The van der Waals surface area contributed by atoms with Gasteiger partial charge in [0.15, 0.2) is 0 Å². The Morgan fingerprint density at radius 1 is 1.27 bits per heavy atom. The summed E-state index contributed by atoms with van der Waals surface area (Å²) in [5, 5.41) is 2.57. The van der Waals surface area contributed by atoms with Crippen molar-refractivity contribution in [1.82, 2.24) is 0 Å². The van der Waals surface area contributed by atoms with Gasteiger partial charge in [-0.3, -0.25) is 14.5 Å². The Bertz CT molecular complexity index is 798. The molecule has 1 heterocycles. The predicted molar refractivity (Wildman–Crippen MR) is 106 cm³/mol. The van der Waals surface area contributed by atoms with Gasteiger partial charge < -0.3 is 10.1 Å². The summed E-state index contributed by atoms with van der Waals surface area (Å²) >= 11 is 7.08. The van der Waals surface area contributed by atoms with Gasteiger partial charge in [0, 0.05) is 5.69 Å². The molecule has 136 valence electrons. The number of benzene rings is 2. The number of anilines is 2. The van der Waals surface area contributed by atoms with E-state index in [9.17, 15) is 9.59 Å². The maximum absolute atomic E-state index is 12.5. The molecule has 2 amide bonds. The quantitative estimate of drug-likeness (QED) is 0.756. The van der Waals surface area contributed by atoms with Crippen molar-refractivity contribution < 1.29 is 14.3 Å². The highest BCUT2D eigenvalue weighted by Crippen LogP contribution is 2.44. The smallest absolute Gasteiger partial charge is 0.239 e. The fourth-order valence-electron chi connectivity index (χ4n) is 2.79. The molecule has 7 heteroatoms. The molecule has 5 nitrogen and oxygen atoms in total. The summed E-state index contributed by atoms with van der Waals surface area (Å²) in [6.07, 6.45) is 0. The lowest BCUT2D eigenvalue weighted by molar-refractivity contribution is -0.116. The van der Waals surface area contributed by atoms with E-state index < -0.39 is 0 Å². The monoisotopic (exact) mass is 390 g/mol. The fraction of sp³-hybridized carbons (Fsp3) is 0.263. The number of carbonyl (C=O) groups is 2. The zero-order chi connectivity index (χ0) is 18.5. The van der Waals surface area contributed by atoms with Gasteiger partial charge in [-0.15, -0.1) is 23.4 Å². The molecule has 0 aromatic heterocycles. The van der Waals surface area contributed by atoms with Crippen molar-refractivity contribution in [3.63, 3.8) is 0 Å². The third-order valence-corrected chi connectivity index (χ3v) is 5.35. The highest BCUT2D eigenvalue weighted by molar-refractivity contribution is 8.00. The summed E-state index contributed by atoms with van der Waals surface area (Å²) in [6.45, 7) is 2.45. The van der Waals surface area contributed by atoms with E-state index in [2.05, 4.69) is 5.32 Å². The van der Waals surface area contributed by atoms with Crippen LogP contribution in [0.3, 0.4) is 0 Å². The molecule has 1 aliphatic heterocycles. The summed E-state index contributed by atoms with van der Waals surface area (Å²) in [5.41, 5.74) is 2.43. The fourth-order valence-corrected chi connectivity index (χ4v) is 4.03. The molecule has 1 saturated heterocycles. The number of hydrogen-bond acceptors (Lipinski definition) is 4. The molecule has 0 radical (unpaired) electrons. The number of alkyl halides is 1. The molecule has 26 heavy (non-hydrogen) atoms. The molecule has 1 fully saturated rings. The minimum atomic E-state index is -0.253. The lowest BCUT2D eigenvalue weighted by Crippen LogP contribution is -2.28. The molecule has 2 aromatic rings. The number of rotatable bonds is 6. The van der Waals surface area contributed by atoms with Crippen molar-refractivity contribution >= 4 is 46.6 Å². The number of carbonyl (C=O) groups excluding carboxylic acids is 2. The van der Waals surface area contributed by atoms with Crippen LogP contribution in [0.4, 0.5) is 11.4 Å². The molecule has 1 unspecified atom stereocenters. The number of nitrogens with zero attached hydrogens (tertiary/aromatic N) is 1. The Morgan fingerprint density at radius 2 is 2.00 bits per heavy atom. The van der Waals surface area contributed by atoms with Gasteiger partial charge in [-0.05, 0) is 36.8 Å². The molecule has 1 N–H and O–H groups in total. The van der Waals surface area contributed by atoms with Crippen LogP contribution in [-0.4, -0.2) is 30.1 Å². The highest BCUT2D eigenvalue weighted by atomic mass is 35.5. The number of thioether (sulfide) groups is 1. The molecule has 3 rings (SSSR count). The van der Waals surface area contributed by atoms with Crippen molar-refractivity contribution in [3.8, 4) is 5.75 Å². The SMILES string of the molecule is CCOc1ccccc1N1C(=O)CSC1c1ccc(NC(=O)CCl)cc1. The zero-order valence-electron chi connectivity index (χ0n) is 14.3. The predicted octanol–water partition coefficient (Wildman–Crippen LogP) is 4.04. The van der Waals surface area contributed by atoms with E-state index in [-0.39, 0.29) is 23.1 Å². The van der Waals surface area contributed by atoms with Crippen molar-refractivity contribution in [2.75, 3.05) is 28.5 Å². The van der Waals surface area contributed by atoms with Gasteiger partial charge in [0.2, 0.25) is 11.8 Å². The van der Waals surface area contributed by atoms with Crippen molar-refractivity contribution in [2.45, 2.75) is 12.3 Å². The molecule has 0 saturated carbocycles. The molecule has 0 spiro atoms. The van der Waals surface area contributed by atoms with Crippen LogP contribution in [0, 0.1) is 0 Å². The Labute approximate surface area is 161 Å². The molecule has 1 aliphatic rings. The Morgan fingerprint density at radius 3 is 2.69 bits per heavy atom. The van der Waals surface area contributed by atoms with Crippen molar-refractivity contribution in [2.24, 2.45) is 0 Å². The minimum absolute atomic E-state index is 0.0478. The van der Waals surface area contributed by atoms with E-state index in [1.165, 1.54) is 0 Å². The number of para-hydroxylation sites is 2. The van der Waals surface area contributed by atoms with Crippen LogP contribution >= 0.6 is 23.4 Å². The summed E-state index contributed by atoms with van der Waals surface area (Å²) in [5.74, 6) is 0.817. The van der Waals surface area contributed by atoms with Crippen LogP contribution in [0.5, 0.6) is 5.75 Å². The third-order valence-electron chi connectivity index (χ3n) is 3.89. The first kappa shape index (κ1) is 18.6. The molecule has 1 atom stereocenters. The van der Waals surface area contributed by atoms with Gasteiger partial charge in [0.25, 0.3) is 0 Å². The maximum atomic E-state index is 12.5. The second-order valence-corrected chi connectivity index (χ2v) is 6.97. The Balaban J connectivity index is 1.87. The molecule has 0 aliphatic carbocycles. The normalized spacial score (nSPS) is 16.6. The van der Waals surface area contributed by atoms with E-state index in [1.807, 2.05) is 55.5 Å². The largest absolute Gasteiger partial charge is 0.492 e. The summed E-state index contributed by atoms with van der Waals surface area (Å²) in [7, 11) is 0. The number of ether oxygens (including phenoxy) is 1. The van der Waals surface area contributed by atoms with Crippen LogP contribution in [-0.2, 0) is 9.59 Å². The lowest BCUT2D eigenvalue weighted by Gasteiger charge is -2.26. The first-order chi connectivity index (χ1) is 12.6. The summed E-state index contributed by atoms with van der Waals surface area (Å²) in [6, 6.07) is 15.0. The van der Waals surface area contributed by atoms with Gasteiger partial charge in [-0.25, -0.2) is 0 Å². The number of halogens is 1. The second-order valence-electron chi connectivity index (χ2n) is 5.63. The van der Waals surface area contributed by atoms with Crippen molar-refractivity contribution in [1.29, 1.82) is 0 Å². The Kier molecular flexibility index (Phi) is 6.06. The highest BCUT2D eigenvalue weighted by Gasteiger charge is 2.35. The topological polar surface area (TPSA) is 58.6 Å². The standard InChI is InChI=1S/C19H19ClN2O3S/c1-2-25-16-6-4-3-5-15(16)22-18(24)12-26-19(22)13-7-9-14(10-8-13)21-17(23)11-20/h3-10,19H,2,11-12H2,1H3,(H,21,23). The third kappa shape index (κ3) is 3.97. The van der Waals surface area contributed by atoms with E-state index in [0.29, 0.717) is 23.8 Å². The van der Waals surface area contributed by atoms with Crippen molar-refractivity contribution in [3.05, 3.63) is 54.1 Å². The maximum Gasteiger partial charge on any atom is 0.239 e. The number of hydrogen-bond donors (Lipinski definition) is 1. The van der Waals surface area contributed by atoms with Crippen LogP contribution in [0.1, 0.15) is 17.9 Å². The first-order valence-electron chi connectivity index (χ1n) is 8.25. The average Bonchev–Trinajstić information content (AvgIpc) is 3.04. The summed E-state index contributed by atoms with van der Waals surface area (Å²) in [4.78, 5) is 25.7. The average molecular weight is 391 g/mol. The zero-order valence-corrected chi connectivity index (χ0v) is 15.8. The van der Waals surface area contributed by atoms with E-state index in [4.69, 9.17) is 16.3 Å². The van der Waals surface area contributed by atoms with Gasteiger partial charge in [-0.2, -0.15) is 0 Å². The number of nitrogens with one attached hydrogen (secondary N) is 1. The van der Waals surface area contributed by atoms with E-state index in [0.717, 1.165) is 11.3 Å². The molecule has 2 aromatic carbocycles. The van der Waals surface area contributed by atoms with E-state index in [1.54, 1.807) is 16.7 Å².